The van der Waals surface area contributed by atoms with Crippen LogP contribution in [0.5, 0.6) is 0 Å². The van der Waals surface area contributed by atoms with E-state index in [4.69, 9.17) is 4.99 Å². The maximum atomic E-state index is 4.93. The molecular weight excluding hydrogens is 322 g/mol. The molecule has 1 aromatic heterocycles. The van der Waals surface area contributed by atoms with Crippen molar-refractivity contribution in [1.82, 2.24) is 14.8 Å². The standard InChI is InChI=1S/C21H31N5/c1-4-22-21(25(3)17-20-11-8-13-24(20)2)23-15-18-12-14-26(16-18)19-9-6-5-7-10-19/h5-11,13,18H,4,12,14-17H2,1-3H3,(H,22,23). The van der Waals surface area contributed by atoms with Crippen LogP contribution in [0.2, 0.25) is 0 Å². The van der Waals surface area contributed by atoms with Gasteiger partial charge in [-0.15, -0.1) is 0 Å². The smallest absolute Gasteiger partial charge is 0.194 e. The first kappa shape index (κ1) is 18.4. The largest absolute Gasteiger partial charge is 0.371 e. The molecule has 0 spiro atoms. The number of guanidine groups is 1. The number of aromatic nitrogens is 1. The number of nitrogens with one attached hydrogen (secondary N) is 1. The number of hydrogen-bond acceptors (Lipinski definition) is 2. The van der Waals surface area contributed by atoms with Gasteiger partial charge < -0.3 is 19.7 Å². The zero-order valence-electron chi connectivity index (χ0n) is 16.2. The van der Waals surface area contributed by atoms with E-state index in [0.717, 1.165) is 38.7 Å². The van der Waals surface area contributed by atoms with Crippen LogP contribution in [-0.4, -0.2) is 48.7 Å². The molecule has 0 saturated carbocycles. The topological polar surface area (TPSA) is 35.8 Å². The third-order valence-electron chi connectivity index (χ3n) is 5.05. The molecule has 1 fully saturated rings. The molecule has 140 valence electrons. The van der Waals surface area contributed by atoms with Gasteiger partial charge in [-0.25, -0.2) is 0 Å². The molecular formula is C21H31N5. The van der Waals surface area contributed by atoms with E-state index >= 15 is 0 Å². The first-order chi connectivity index (χ1) is 12.7. The number of anilines is 1. The number of aryl methyl sites for hydroxylation is 1. The molecule has 5 heteroatoms. The van der Waals surface area contributed by atoms with Crippen molar-refractivity contribution in [3.05, 3.63) is 54.4 Å². The van der Waals surface area contributed by atoms with Gasteiger partial charge in [-0.05, 0) is 43.5 Å². The molecule has 1 aromatic carbocycles. The molecule has 0 radical (unpaired) electrons. The van der Waals surface area contributed by atoms with Gasteiger partial charge in [0.25, 0.3) is 0 Å². The summed E-state index contributed by atoms with van der Waals surface area (Å²) in [6.45, 7) is 6.96. The summed E-state index contributed by atoms with van der Waals surface area (Å²) in [6.07, 6.45) is 3.29. The Kier molecular flexibility index (Phi) is 6.21. The molecule has 1 N–H and O–H groups in total. The molecule has 1 atom stereocenters. The van der Waals surface area contributed by atoms with Crippen LogP contribution >= 0.6 is 0 Å². The number of nitrogens with zero attached hydrogens (tertiary/aromatic N) is 4. The fourth-order valence-corrected chi connectivity index (χ4v) is 3.52. The molecule has 26 heavy (non-hydrogen) atoms. The van der Waals surface area contributed by atoms with Crippen LogP contribution in [-0.2, 0) is 13.6 Å². The molecule has 1 saturated heterocycles. The molecule has 3 rings (SSSR count). The third kappa shape index (κ3) is 4.59. The lowest BCUT2D eigenvalue weighted by Crippen LogP contribution is -2.39. The minimum Gasteiger partial charge on any atom is -0.371 e. The van der Waals surface area contributed by atoms with Gasteiger partial charge >= 0.3 is 0 Å². The van der Waals surface area contributed by atoms with Crippen LogP contribution in [0.1, 0.15) is 19.0 Å². The summed E-state index contributed by atoms with van der Waals surface area (Å²) in [7, 11) is 4.20. The minimum absolute atomic E-state index is 0.618. The molecule has 1 unspecified atom stereocenters. The Hall–Kier alpha value is -2.43. The van der Waals surface area contributed by atoms with Crippen LogP contribution < -0.4 is 10.2 Å². The van der Waals surface area contributed by atoms with Crippen LogP contribution in [0.15, 0.2) is 53.7 Å². The molecule has 2 aromatic rings. The number of rotatable bonds is 6. The molecule has 2 heterocycles. The van der Waals surface area contributed by atoms with Gasteiger partial charge in [-0.1, -0.05) is 18.2 Å². The Morgan fingerprint density at radius 2 is 2.04 bits per heavy atom. The summed E-state index contributed by atoms with van der Waals surface area (Å²) in [5, 5.41) is 3.43. The summed E-state index contributed by atoms with van der Waals surface area (Å²) < 4.78 is 2.16. The zero-order chi connectivity index (χ0) is 18.4. The van der Waals surface area contributed by atoms with E-state index in [9.17, 15) is 0 Å². The van der Waals surface area contributed by atoms with Gasteiger partial charge in [0.05, 0.1) is 6.54 Å². The van der Waals surface area contributed by atoms with Gasteiger partial charge in [0.2, 0.25) is 0 Å². The van der Waals surface area contributed by atoms with Crippen molar-refractivity contribution >= 4 is 11.6 Å². The fourth-order valence-electron chi connectivity index (χ4n) is 3.52. The van der Waals surface area contributed by atoms with E-state index in [2.05, 4.69) is 89.4 Å². The second-order valence-corrected chi connectivity index (χ2v) is 7.10. The number of para-hydroxylation sites is 1. The maximum Gasteiger partial charge on any atom is 0.194 e. The first-order valence-electron chi connectivity index (χ1n) is 9.57. The summed E-state index contributed by atoms with van der Waals surface area (Å²) in [6, 6.07) is 14.9. The molecule has 0 aliphatic carbocycles. The van der Waals surface area contributed by atoms with Crippen LogP contribution in [0.4, 0.5) is 5.69 Å². The Morgan fingerprint density at radius 1 is 1.23 bits per heavy atom. The predicted molar refractivity (Wildman–Crippen MR) is 110 cm³/mol. The minimum atomic E-state index is 0.618. The summed E-state index contributed by atoms with van der Waals surface area (Å²) in [5.41, 5.74) is 2.61. The van der Waals surface area contributed by atoms with Gasteiger partial charge in [0.1, 0.15) is 0 Å². The summed E-state index contributed by atoms with van der Waals surface area (Å²) in [4.78, 5) is 9.61. The lowest BCUT2D eigenvalue weighted by atomic mass is 10.1. The highest BCUT2D eigenvalue weighted by Gasteiger charge is 2.22. The summed E-state index contributed by atoms with van der Waals surface area (Å²) in [5.74, 6) is 1.61. The van der Waals surface area contributed by atoms with Crippen LogP contribution in [0.3, 0.4) is 0 Å². The quantitative estimate of drug-likeness (QED) is 0.641. The van der Waals surface area contributed by atoms with E-state index < -0.39 is 0 Å². The highest BCUT2D eigenvalue weighted by Crippen LogP contribution is 2.23. The highest BCUT2D eigenvalue weighted by atomic mass is 15.3. The van der Waals surface area contributed by atoms with Crippen molar-refractivity contribution in [2.75, 3.05) is 38.1 Å². The van der Waals surface area contributed by atoms with Crippen molar-refractivity contribution in [2.24, 2.45) is 18.0 Å². The van der Waals surface area contributed by atoms with Crippen molar-refractivity contribution in [1.29, 1.82) is 0 Å². The molecule has 1 aliphatic heterocycles. The van der Waals surface area contributed by atoms with Crippen molar-refractivity contribution < 1.29 is 0 Å². The lowest BCUT2D eigenvalue weighted by molar-refractivity contribution is 0.458. The third-order valence-corrected chi connectivity index (χ3v) is 5.05. The van der Waals surface area contributed by atoms with E-state index in [1.165, 1.54) is 17.8 Å². The van der Waals surface area contributed by atoms with Crippen LogP contribution in [0.25, 0.3) is 0 Å². The molecule has 1 aliphatic rings. The van der Waals surface area contributed by atoms with Crippen molar-refractivity contribution in [2.45, 2.75) is 19.9 Å². The lowest BCUT2D eigenvalue weighted by Gasteiger charge is -2.23. The first-order valence-corrected chi connectivity index (χ1v) is 9.57. The van der Waals surface area contributed by atoms with Gasteiger partial charge in [-0.2, -0.15) is 0 Å². The highest BCUT2D eigenvalue weighted by molar-refractivity contribution is 5.79. The summed E-state index contributed by atoms with van der Waals surface area (Å²) >= 11 is 0. The fraction of sp³-hybridized carbons (Fsp3) is 0.476. The number of benzene rings is 1. The average Bonchev–Trinajstić information content (AvgIpc) is 3.29. The van der Waals surface area contributed by atoms with Gasteiger partial charge in [0, 0.05) is 57.9 Å². The van der Waals surface area contributed by atoms with Crippen molar-refractivity contribution in [3.8, 4) is 0 Å². The number of hydrogen-bond donors (Lipinski definition) is 1. The Labute approximate surface area is 157 Å². The van der Waals surface area contributed by atoms with E-state index in [0.29, 0.717) is 5.92 Å². The predicted octanol–water partition coefficient (Wildman–Crippen LogP) is 2.95. The zero-order valence-corrected chi connectivity index (χ0v) is 16.2. The normalized spacial score (nSPS) is 17.6. The molecule has 0 amide bonds. The molecule has 0 bridgehead atoms. The Morgan fingerprint density at radius 3 is 2.73 bits per heavy atom. The van der Waals surface area contributed by atoms with Gasteiger partial charge in [0.15, 0.2) is 5.96 Å². The monoisotopic (exact) mass is 353 g/mol. The van der Waals surface area contributed by atoms with E-state index in [1.54, 1.807) is 0 Å². The molecule has 5 nitrogen and oxygen atoms in total. The Balaban J connectivity index is 1.58. The van der Waals surface area contributed by atoms with Crippen LogP contribution in [0, 0.1) is 5.92 Å². The van der Waals surface area contributed by atoms with Crippen molar-refractivity contribution in [3.63, 3.8) is 0 Å². The second-order valence-electron chi connectivity index (χ2n) is 7.10. The van der Waals surface area contributed by atoms with Gasteiger partial charge in [-0.3, -0.25) is 4.99 Å². The average molecular weight is 354 g/mol. The number of aliphatic imine (C=N–C) groups is 1. The second kappa shape index (κ2) is 8.79. The van der Waals surface area contributed by atoms with E-state index in [-0.39, 0.29) is 0 Å². The van der Waals surface area contributed by atoms with E-state index in [1.807, 2.05) is 0 Å². The SMILES string of the molecule is CCNC(=NCC1CCN(c2ccccc2)C1)N(C)Cc1cccn1C. The maximum absolute atomic E-state index is 4.93. The Bertz CT molecular complexity index is 706.